The Labute approximate surface area is 56.6 Å². The molecule has 0 fully saturated rings. The summed E-state index contributed by atoms with van der Waals surface area (Å²) in [6.45, 7) is 3.94. The standard InChI is InChI=1S/C3H7N.2ClH.H3N/c1-2-3-4;;;/h2H,1,3-4H2;2*1H;1H3. The highest BCUT2D eigenvalue weighted by Gasteiger charge is 1.43. The van der Waals surface area contributed by atoms with Gasteiger partial charge in [0.05, 0.1) is 0 Å². The third-order valence-electron chi connectivity index (χ3n) is 0.167. The molecule has 0 aromatic heterocycles. The van der Waals surface area contributed by atoms with E-state index in [0.29, 0.717) is 6.54 Å². The number of halogens is 2. The van der Waals surface area contributed by atoms with Crippen LogP contribution in [0.5, 0.6) is 0 Å². The van der Waals surface area contributed by atoms with E-state index in [4.69, 9.17) is 5.73 Å². The first kappa shape index (κ1) is 26.9. The van der Waals surface area contributed by atoms with Crippen molar-refractivity contribution >= 4 is 24.8 Å². The number of rotatable bonds is 1. The Balaban J connectivity index is -0.0000000150. The van der Waals surface area contributed by atoms with Crippen LogP contribution in [0, 0.1) is 0 Å². The summed E-state index contributed by atoms with van der Waals surface area (Å²) in [5, 5.41) is 0. The molecule has 0 saturated heterocycles. The zero-order chi connectivity index (χ0) is 3.41. The molecule has 0 saturated carbocycles. The maximum absolute atomic E-state index is 4.91. The molecule has 48 valence electrons. The SMILES string of the molecule is C=CCN.Cl.Cl.N. The lowest BCUT2D eigenvalue weighted by Crippen LogP contribution is -1.90. The van der Waals surface area contributed by atoms with Crippen molar-refractivity contribution in [2.24, 2.45) is 5.73 Å². The molecule has 0 spiro atoms. The van der Waals surface area contributed by atoms with Gasteiger partial charge in [-0.1, -0.05) is 6.08 Å². The topological polar surface area (TPSA) is 61.0 Å². The minimum atomic E-state index is 0. The van der Waals surface area contributed by atoms with Gasteiger partial charge >= 0.3 is 0 Å². The van der Waals surface area contributed by atoms with Crippen LogP contribution in [0.25, 0.3) is 0 Å². The number of nitrogens with two attached hydrogens (primary N) is 1. The molecule has 0 unspecified atom stereocenters. The molecule has 0 radical (unpaired) electrons. The second-order valence-corrected chi connectivity index (χ2v) is 0.524. The van der Waals surface area contributed by atoms with E-state index in [1.165, 1.54) is 0 Å². The highest BCUT2D eigenvalue weighted by Crippen LogP contribution is 1.40. The van der Waals surface area contributed by atoms with E-state index in [1.807, 2.05) is 0 Å². The number of hydrogen-bond donors (Lipinski definition) is 2. The summed E-state index contributed by atoms with van der Waals surface area (Å²) in [5.74, 6) is 0. The minimum absolute atomic E-state index is 0. The zero-order valence-corrected chi connectivity index (χ0v) is 5.73. The quantitative estimate of drug-likeness (QED) is 0.546. The van der Waals surface area contributed by atoms with Crippen LogP contribution in [0.1, 0.15) is 0 Å². The van der Waals surface area contributed by atoms with Crippen LogP contribution in [0.15, 0.2) is 12.7 Å². The van der Waals surface area contributed by atoms with Gasteiger partial charge in [-0.2, -0.15) is 0 Å². The summed E-state index contributed by atoms with van der Waals surface area (Å²) in [6, 6.07) is 0. The molecule has 0 aromatic carbocycles. The molecule has 0 aromatic rings. The molecule has 0 aliphatic heterocycles. The van der Waals surface area contributed by atoms with Gasteiger partial charge in [0.25, 0.3) is 0 Å². The fourth-order valence-electron chi connectivity index (χ4n) is 0. The van der Waals surface area contributed by atoms with Crippen molar-refractivity contribution in [2.75, 3.05) is 6.54 Å². The lowest BCUT2D eigenvalue weighted by molar-refractivity contribution is 1.26. The van der Waals surface area contributed by atoms with Crippen LogP contribution in [0.4, 0.5) is 0 Å². The molecular weight excluding hydrogens is 135 g/mol. The zero-order valence-electron chi connectivity index (χ0n) is 4.09. The van der Waals surface area contributed by atoms with Crippen LogP contribution in [0.2, 0.25) is 0 Å². The Morgan fingerprint density at radius 1 is 1.43 bits per heavy atom. The van der Waals surface area contributed by atoms with Gasteiger partial charge < -0.3 is 11.9 Å². The molecule has 0 rings (SSSR count). The summed E-state index contributed by atoms with van der Waals surface area (Å²) < 4.78 is 0. The Hall–Kier alpha value is 0.240. The first-order valence-electron chi connectivity index (χ1n) is 1.22. The Morgan fingerprint density at radius 2 is 1.57 bits per heavy atom. The first-order chi connectivity index (χ1) is 1.91. The van der Waals surface area contributed by atoms with Gasteiger partial charge in [0.15, 0.2) is 0 Å². The van der Waals surface area contributed by atoms with E-state index in [-0.39, 0.29) is 31.0 Å². The normalized spacial score (nSPS) is 3.57. The molecule has 5 N–H and O–H groups in total. The van der Waals surface area contributed by atoms with E-state index < -0.39 is 0 Å². The maximum atomic E-state index is 4.91. The summed E-state index contributed by atoms with van der Waals surface area (Å²) in [6.07, 6.45) is 1.65. The van der Waals surface area contributed by atoms with Crippen molar-refractivity contribution in [3.8, 4) is 0 Å². The highest BCUT2D eigenvalue weighted by molar-refractivity contribution is 5.85. The largest absolute Gasteiger partial charge is 0.344 e. The molecule has 7 heavy (non-hydrogen) atoms. The monoisotopic (exact) mass is 146 g/mol. The van der Waals surface area contributed by atoms with Crippen molar-refractivity contribution in [1.82, 2.24) is 6.15 Å². The summed E-state index contributed by atoms with van der Waals surface area (Å²) in [5.41, 5.74) is 4.91. The summed E-state index contributed by atoms with van der Waals surface area (Å²) in [4.78, 5) is 0. The van der Waals surface area contributed by atoms with Gasteiger partial charge in [0.1, 0.15) is 0 Å². The smallest absolute Gasteiger partial charge is 0.0104 e. The fraction of sp³-hybridized carbons (Fsp3) is 0.333. The summed E-state index contributed by atoms with van der Waals surface area (Å²) >= 11 is 0. The van der Waals surface area contributed by atoms with Crippen LogP contribution >= 0.6 is 24.8 Å². The lowest BCUT2D eigenvalue weighted by Gasteiger charge is -1.61. The predicted molar refractivity (Wildman–Crippen MR) is 38.8 cm³/mol. The molecule has 0 aliphatic carbocycles. The van der Waals surface area contributed by atoms with Crippen LogP contribution in [0.3, 0.4) is 0 Å². The molecule has 2 nitrogen and oxygen atoms in total. The Morgan fingerprint density at radius 3 is 1.57 bits per heavy atom. The molecule has 0 bridgehead atoms. The Kier molecular flexibility index (Phi) is 131. The van der Waals surface area contributed by atoms with Gasteiger partial charge in [-0.15, -0.1) is 31.4 Å². The van der Waals surface area contributed by atoms with Crippen molar-refractivity contribution in [1.29, 1.82) is 0 Å². The van der Waals surface area contributed by atoms with Crippen LogP contribution < -0.4 is 11.9 Å². The van der Waals surface area contributed by atoms with Crippen molar-refractivity contribution < 1.29 is 0 Å². The van der Waals surface area contributed by atoms with Crippen LogP contribution in [-0.4, -0.2) is 6.54 Å². The van der Waals surface area contributed by atoms with E-state index >= 15 is 0 Å². The van der Waals surface area contributed by atoms with Gasteiger partial charge in [-0.05, 0) is 0 Å². The summed E-state index contributed by atoms with van der Waals surface area (Å²) in [7, 11) is 0. The highest BCUT2D eigenvalue weighted by atomic mass is 35.5. The van der Waals surface area contributed by atoms with Crippen LogP contribution in [-0.2, 0) is 0 Å². The average Bonchev–Trinajstić information content (AvgIpc) is 1.37. The predicted octanol–water partition coefficient (Wildman–Crippen LogP) is 1.14. The second kappa shape index (κ2) is 34.1. The van der Waals surface area contributed by atoms with Gasteiger partial charge in [0, 0.05) is 6.54 Å². The van der Waals surface area contributed by atoms with Gasteiger partial charge in [-0.25, -0.2) is 0 Å². The van der Waals surface area contributed by atoms with Gasteiger partial charge in [-0.3, -0.25) is 0 Å². The lowest BCUT2D eigenvalue weighted by atomic mass is 10.7. The minimum Gasteiger partial charge on any atom is -0.344 e. The molecule has 0 heterocycles. The van der Waals surface area contributed by atoms with E-state index in [1.54, 1.807) is 6.08 Å². The molecular formula is C3H12Cl2N2. The van der Waals surface area contributed by atoms with E-state index in [0.717, 1.165) is 0 Å². The maximum Gasteiger partial charge on any atom is 0.0104 e. The van der Waals surface area contributed by atoms with Gasteiger partial charge in [0.2, 0.25) is 0 Å². The average molecular weight is 147 g/mol. The van der Waals surface area contributed by atoms with E-state index in [9.17, 15) is 0 Å². The molecule has 0 amide bonds. The number of hydrogen-bond acceptors (Lipinski definition) is 2. The molecule has 4 heteroatoms. The molecule has 0 aliphatic rings. The Bertz CT molecular complexity index is 24.9. The van der Waals surface area contributed by atoms with Crippen molar-refractivity contribution in [3.05, 3.63) is 12.7 Å². The first-order valence-corrected chi connectivity index (χ1v) is 1.22. The van der Waals surface area contributed by atoms with Crippen molar-refractivity contribution in [3.63, 3.8) is 0 Å². The fourth-order valence-corrected chi connectivity index (χ4v) is 0. The van der Waals surface area contributed by atoms with E-state index in [2.05, 4.69) is 6.58 Å². The van der Waals surface area contributed by atoms with Crippen molar-refractivity contribution in [2.45, 2.75) is 0 Å². The third kappa shape index (κ3) is 73.0. The second-order valence-electron chi connectivity index (χ2n) is 0.524. The third-order valence-corrected chi connectivity index (χ3v) is 0.167. The molecule has 0 atom stereocenters.